The van der Waals surface area contributed by atoms with Crippen LogP contribution in [0.4, 0.5) is 5.69 Å². The van der Waals surface area contributed by atoms with Crippen molar-refractivity contribution in [2.24, 2.45) is 0 Å². The lowest BCUT2D eigenvalue weighted by atomic mass is 10.2. The molecule has 3 rings (SSSR count). The standard InChI is InChI=1S/C19H17ClN2OS/c20-16-8-4-9-17(12-16)21-19(24)22(14-18-10-5-11-23-18)13-15-6-2-1-3-7-15/h1-12H,13-14H2,(H,21,24). The lowest BCUT2D eigenvalue weighted by molar-refractivity contribution is 0.360. The van der Waals surface area contributed by atoms with Crippen LogP contribution in [0.1, 0.15) is 11.3 Å². The molecule has 3 nitrogen and oxygen atoms in total. The number of rotatable bonds is 5. The minimum Gasteiger partial charge on any atom is -0.467 e. The Morgan fingerprint density at radius 2 is 1.83 bits per heavy atom. The fourth-order valence-corrected chi connectivity index (χ4v) is 2.80. The lowest BCUT2D eigenvalue weighted by Crippen LogP contribution is -2.33. The van der Waals surface area contributed by atoms with Crippen LogP contribution in [0.2, 0.25) is 5.02 Å². The van der Waals surface area contributed by atoms with E-state index in [-0.39, 0.29) is 0 Å². The third kappa shape index (κ3) is 4.60. The molecule has 3 aromatic rings. The van der Waals surface area contributed by atoms with Crippen molar-refractivity contribution in [2.45, 2.75) is 13.1 Å². The molecule has 1 heterocycles. The first-order valence-electron chi connectivity index (χ1n) is 7.58. The average Bonchev–Trinajstić information content (AvgIpc) is 3.08. The maximum absolute atomic E-state index is 6.04. The van der Waals surface area contributed by atoms with Gasteiger partial charge in [0.15, 0.2) is 5.11 Å². The largest absolute Gasteiger partial charge is 0.467 e. The quantitative estimate of drug-likeness (QED) is 0.625. The summed E-state index contributed by atoms with van der Waals surface area (Å²) in [4.78, 5) is 2.06. The molecule has 0 aliphatic heterocycles. The number of thiocarbonyl (C=S) groups is 1. The van der Waals surface area contributed by atoms with E-state index < -0.39 is 0 Å². The minimum atomic E-state index is 0.592. The van der Waals surface area contributed by atoms with Gasteiger partial charge in [0.1, 0.15) is 5.76 Å². The van der Waals surface area contributed by atoms with Crippen molar-refractivity contribution in [3.8, 4) is 0 Å². The second-order valence-electron chi connectivity index (χ2n) is 5.36. The number of benzene rings is 2. The second kappa shape index (κ2) is 7.99. The first-order valence-corrected chi connectivity index (χ1v) is 8.37. The molecule has 1 N–H and O–H groups in total. The monoisotopic (exact) mass is 356 g/mol. The van der Waals surface area contributed by atoms with Gasteiger partial charge in [-0.3, -0.25) is 0 Å². The number of nitrogens with zero attached hydrogens (tertiary/aromatic N) is 1. The first-order chi connectivity index (χ1) is 11.7. The van der Waals surface area contributed by atoms with E-state index in [4.69, 9.17) is 28.2 Å². The summed E-state index contributed by atoms with van der Waals surface area (Å²) in [5, 5.41) is 4.54. The van der Waals surface area contributed by atoms with Gasteiger partial charge >= 0.3 is 0 Å². The Morgan fingerprint density at radius 3 is 2.54 bits per heavy atom. The molecule has 0 spiro atoms. The van der Waals surface area contributed by atoms with Crippen molar-refractivity contribution in [3.63, 3.8) is 0 Å². The maximum atomic E-state index is 6.04. The van der Waals surface area contributed by atoms with Crippen LogP contribution in [0, 0.1) is 0 Å². The van der Waals surface area contributed by atoms with Crippen molar-refractivity contribution in [3.05, 3.63) is 89.3 Å². The van der Waals surface area contributed by atoms with Gasteiger partial charge < -0.3 is 14.6 Å². The normalized spacial score (nSPS) is 10.4. The minimum absolute atomic E-state index is 0.592. The van der Waals surface area contributed by atoms with E-state index in [2.05, 4.69) is 22.3 Å². The van der Waals surface area contributed by atoms with E-state index in [0.29, 0.717) is 23.2 Å². The van der Waals surface area contributed by atoms with Crippen LogP contribution in [0.3, 0.4) is 0 Å². The molecule has 0 aliphatic rings. The Kier molecular flexibility index (Phi) is 5.51. The first kappa shape index (κ1) is 16.6. The van der Waals surface area contributed by atoms with Crippen molar-refractivity contribution in [2.75, 3.05) is 5.32 Å². The van der Waals surface area contributed by atoms with Crippen LogP contribution in [-0.2, 0) is 13.1 Å². The van der Waals surface area contributed by atoms with E-state index in [1.54, 1.807) is 6.26 Å². The summed E-state index contributed by atoms with van der Waals surface area (Å²) in [6.07, 6.45) is 1.67. The summed E-state index contributed by atoms with van der Waals surface area (Å²) in [6, 6.07) is 21.5. The van der Waals surface area contributed by atoms with Gasteiger partial charge in [0.2, 0.25) is 0 Å². The zero-order valence-corrected chi connectivity index (χ0v) is 14.6. The molecule has 0 fully saturated rings. The van der Waals surface area contributed by atoms with Gasteiger partial charge in [-0.25, -0.2) is 0 Å². The van der Waals surface area contributed by atoms with E-state index in [0.717, 1.165) is 11.4 Å². The Balaban J connectivity index is 1.76. The van der Waals surface area contributed by atoms with E-state index in [9.17, 15) is 0 Å². The Hall–Kier alpha value is -2.30. The molecule has 2 aromatic carbocycles. The SMILES string of the molecule is S=C(Nc1cccc(Cl)c1)N(Cc1ccccc1)Cc1ccco1. The van der Waals surface area contributed by atoms with Gasteiger partial charge in [-0.05, 0) is 48.1 Å². The predicted molar refractivity (Wildman–Crippen MR) is 102 cm³/mol. The highest BCUT2D eigenvalue weighted by atomic mass is 35.5. The number of nitrogens with one attached hydrogen (secondary N) is 1. The molecule has 122 valence electrons. The van der Waals surface area contributed by atoms with E-state index >= 15 is 0 Å². The number of hydrogen-bond acceptors (Lipinski definition) is 2. The summed E-state index contributed by atoms with van der Waals surface area (Å²) < 4.78 is 5.47. The van der Waals surface area contributed by atoms with Crippen molar-refractivity contribution >= 4 is 34.6 Å². The van der Waals surface area contributed by atoms with E-state index in [1.165, 1.54) is 5.56 Å². The van der Waals surface area contributed by atoms with Gasteiger partial charge in [0.05, 0.1) is 12.8 Å². The van der Waals surface area contributed by atoms with Gasteiger partial charge in [0.25, 0.3) is 0 Å². The fraction of sp³-hybridized carbons (Fsp3) is 0.105. The van der Waals surface area contributed by atoms with Crippen molar-refractivity contribution < 1.29 is 4.42 Å². The number of hydrogen-bond donors (Lipinski definition) is 1. The van der Waals surface area contributed by atoms with Crippen LogP contribution >= 0.6 is 23.8 Å². The molecular formula is C19H17ClN2OS. The van der Waals surface area contributed by atoms with E-state index in [1.807, 2.05) is 54.6 Å². The summed E-state index contributed by atoms with van der Waals surface area (Å²) in [6.45, 7) is 1.28. The number of halogens is 1. The molecule has 0 saturated carbocycles. The van der Waals surface area contributed by atoms with Gasteiger partial charge in [0, 0.05) is 17.3 Å². The highest BCUT2D eigenvalue weighted by Crippen LogP contribution is 2.17. The number of furan rings is 1. The zero-order valence-electron chi connectivity index (χ0n) is 13.0. The summed E-state index contributed by atoms with van der Waals surface area (Å²) >= 11 is 11.6. The molecule has 0 amide bonds. The average molecular weight is 357 g/mol. The van der Waals surface area contributed by atoms with Crippen LogP contribution in [0.25, 0.3) is 0 Å². The third-order valence-corrected chi connectivity index (χ3v) is 4.10. The molecule has 0 saturated heterocycles. The Labute approximate surface area is 151 Å². The summed E-state index contributed by atoms with van der Waals surface area (Å²) in [7, 11) is 0. The maximum Gasteiger partial charge on any atom is 0.174 e. The van der Waals surface area contributed by atoms with Crippen LogP contribution in [0.5, 0.6) is 0 Å². The van der Waals surface area contributed by atoms with Crippen molar-refractivity contribution in [1.29, 1.82) is 0 Å². The number of anilines is 1. The van der Waals surface area contributed by atoms with Gasteiger partial charge in [-0.2, -0.15) is 0 Å². The van der Waals surface area contributed by atoms with Crippen LogP contribution in [-0.4, -0.2) is 10.0 Å². The molecule has 0 aliphatic carbocycles. The summed E-state index contributed by atoms with van der Waals surface area (Å²) in [5.74, 6) is 0.862. The second-order valence-corrected chi connectivity index (χ2v) is 6.18. The highest BCUT2D eigenvalue weighted by Gasteiger charge is 2.13. The highest BCUT2D eigenvalue weighted by molar-refractivity contribution is 7.80. The van der Waals surface area contributed by atoms with Gasteiger partial charge in [-0.15, -0.1) is 0 Å². The molecule has 1 aromatic heterocycles. The summed E-state index contributed by atoms with van der Waals surface area (Å²) in [5.41, 5.74) is 2.05. The molecule has 24 heavy (non-hydrogen) atoms. The van der Waals surface area contributed by atoms with Gasteiger partial charge in [-0.1, -0.05) is 48.0 Å². The lowest BCUT2D eigenvalue weighted by Gasteiger charge is -2.25. The topological polar surface area (TPSA) is 28.4 Å². The molecule has 0 atom stereocenters. The fourth-order valence-electron chi connectivity index (χ4n) is 2.36. The smallest absolute Gasteiger partial charge is 0.174 e. The third-order valence-electron chi connectivity index (χ3n) is 3.51. The zero-order chi connectivity index (χ0) is 16.8. The van der Waals surface area contributed by atoms with Crippen LogP contribution in [0.15, 0.2) is 77.4 Å². The molecule has 0 radical (unpaired) electrons. The predicted octanol–water partition coefficient (Wildman–Crippen LogP) is 5.33. The molecular weight excluding hydrogens is 340 g/mol. The Morgan fingerprint density at radius 1 is 1.00 bits per heavy atom. The molecule has 0 unspecified atom stereocenters. The van der Waals surface area contributed by atoms with Crippen LogP contribution < -0.4 is 5.32 Å². The molecule has 5 heteroatoms. The Bertz CT molecular complexity index is 790. The molecule has 0 bridgehead atoms. The van der Waals surface area contributed by atoms with Crippen molar-refractivity contribution in [1.82, 2.24) is 4.90 Å².